The van der Waals surface area contributed by atoms with E-state index in [0.29, 0.717) is 26.1 Å². The second-order valence-corrected chi connectivity index (χ2v) is 5.98. The number of benzene rings is 1. The highest BCUT2D eigenvalue weighted by atomic mass is 19.1. The van der Waals surface area contributed by atoms with E-state index >= 15 is 0 Å². The molecule has 1 saturated heterocycles. The van der Waals surface area contributed by atoms with Crippen LogP contribution in [0.25, 0.3) is 6.08 Å². The van der Waals surface area contributed by atoms with Crippen molar-refractivity contribution in [3.8, 4) is 0 Å². The summed E-state index contributed by atoms with van der Waals surface area (Å²) < 4.78 is 12.9. The van der Waals surface area contributed by atoms with Gasteiger partial charge in [0.05, 0.1) is 6.04 Å². The molecule has 0 aromatic heterocycles. The molecule has 0 aliphatic carbocycles. The molecule has 3 N–H and O–H groups in total. The van der Waals surface area contributed by atoms with Gasteiger partial charge in [0, 0.05) is 25.7 Å². The van der Waals surface area contributed by atoms with Gasteiger partial charge in [0.1, 0.15) is 12.4 Å². The number of aliphatic hydroxyl groups is 1. The van der Waals surface area contributed by atoms with E-state index in [4.69, 9.17) is 5.11 Å². The molecule has 0 spiro atoms. The maximum atomic E-state index is 12.9. The summed E-state index contributed by atoms with van der Waals surface area (Å²) in [6.07, 6.45) is 4.28. The van der Waals surface area contributed by atoms with Gasteiger partial charge >= 0.3 is 0 Å². The number of carbonyl (C=O) groups is 2. The van der Waals surface area contributed by atoms with E-state index in [9.17, 15) is 14.0 Å². The topological polar surface area (TPSA) is 81.7 Å². The molecule has 1 aromatic rings. The van der Waals surface area contributed by atoms with Crippen LogP contribution in [-0.2, 0) is 9.59 Å². The van der Waals surface area contributed by atoms with Crippen molar-refractivity contribution < 1.29 is 19.1 Å². The Morgan fingerprint density at radius 2 is 2.08 bits per heavy atom. The first-order valence-electron chi connectivity index (χ1n) is 8.37. The van der Waals surface area contributed by atoms with E-state index in [1.807, 2.05) is 24.0 Å². The largest absolute Gasteiger partial charge is 0.387 e. The Morgan fingerprint density at radius 1 is 1.36 bits per heavy atom. The maximum Gasteiger partial charge on any atom is 0.245 e. The highest BCUT2D eigenvalue weighted by Gasteiger charge is 2.36. The molecule has 1 fully saturated rings. The number of amides is 2. The first-order valence-corrected chi connectivity index (χ1v) is 8.37. The number of nitrogens with zero attached hydrogens (tertiary/aromatic N) is 1. The third-order valence-electron chi connectivity index (χ3n) is 4.09. The zero-order valence-corrected chi connectivity index (χ0v) is 14.2. The molecule has 1 heterocycles. The van der Waals surface area contributed by atoms with E-state index in [1.165, 1.54) is 12.1 Å². The van der Waals surface area contributed by atoms with Gasteiger partial charge in [0.2, 0.25) is 11.8 Å². The number of rotatable bonds is 7. The van der Waals surface area contributed by atoms with Gasteiger partial charge in [-0.3, -0.25) is 14.5 Å². The van der Waals surface area contributed by atoms with E-state index in [2.05, 4.69) is 10.6 Å². The van der Waals surface area contributed by atoms with Crippen molar-refractivity contribution in [1.82, 2.24) is 15.5 Å². The van der Waals surface area contributed by atoms with Crippen molar-refractivity contribution in [2.24, 2.45) is 0 Å². The van der Waals surface area contributed by atoms with E-state index in [0.717, 1.165) is 5.56 Å². The molecule has 7 heteroatoms. The lowest BCUT2D eigenvalue weighted by atomic mass is 10.1. The summed E-state index contributed by atoms with van der Waals surface area (Å²) in [5, 5.41) is 14.4. The highest BCUT2D eigenvalue weighted by molar-refractivity contribution is 5.82. The summed E-state index contributed by atoms with van der Waals surface area (Å²) in [5.41, 5.74) is 0.875. The summed E-state index contributed by atoms with van der Waals surface area (Å²) in [6, 6.07) is 5.65. The average Bonchev–Trinajstić information content (AvgIpc) is 2.99. The quantitative estimate of drug-likeness (QED) is 0.671. The highest BCUT2D eigenvalue weighted by Crippen LogP contribution is 2.18. The van der Waals surface area contributed by atoms with Gasteiger partial charge in [-0.1, -0.05) is 24.3 Å². The minimum Gasteiger partial charge on any atom is -0.387 e. The van der Waals surface area contributed by atoms with E-state index in [-0.39, 0.29) is 23.8 Å². The van der Waals surface area contributed by atoms with Gasteiger partial charge in [-0.25, -0.2) is 4.39 Å². The van der Waals surface area contributed by atoms with Gasteiger partial charge in [0.25, 0.3) is 0 Å². The van der Waals surface area contributed by atoms with Crippen LogP contribution in [0.4, 0.5) is 4.39 Å². The third-order valence-corrected chi connectivity index (χ3v) is 4.09. The molecule has 0 saturated carbocycles. The van der Waals surface area contributed by atoms with Crippen molar-refractivity contribution >= 4 is 17.9 Å². The maximum absolute atomic E-state index is 12.9. The molecule has 1 aliphatic heterocycles. The van der Waals surface area contributed by atoms with Gasteiger partial charge in [-0.05, 0) is 31.0 Å². The second-order valence-electron chi connectivity index (χ2n) is 5.98. The van der Waals surface area contributed by atoms with Crippen molar-refractivity contribution in [2.75, 3.05) is 26.2 Å². The molecule has 1 aliphatic rings. The van der Waals surface area contributed by atoms with Crippen molar-refractivity contribution in [1.29, 1.82) is 0 Å². The second kappa shape index (κ2) is 9.29. The smallest absolute Gasteiger partial charge is 0.245 e. The number of nitrogens with one attached hydrogen (secondary N) is 2. The average molecular weight is 349 g/mol. The third kappa shape index (κ3) is 5.65. The zero-order valence-electron chi connectivity index (χ0n) is 14.2. The normalized spacial score (nSPS) is 20.8. The fraction of sp³-hybridized carbons (Fsp3) is 0.444. The lowest BCUT2D eigenvalue weighted by Gasteiger charge is -2.21. The standard InChI is InChI=1S/C18H24FN3O3/c1-2-20-18(25)16-10-15(21-17(24)12-23)11-22(16)9-3-4-13-5-7-14(19)8-6-13/h3-8,15-16,23H,2,9-12H2,1H3,(H,20,25)(H,21,24)/b4-3+/t15-,16-/m0/s1. The molecular weight excluding hydrogens is 325 g/mol. The van der Waals surface area contributed by atoms with E-state index < -0.39 is 12.5 Å². The van der Waals surface area contributed by atoms with Gasteiger partial charge in [-0.2, -0.15) is 0 Å². The number of halogens is 1. The van der Waals surface area contributed by atoms with E-state index in [1.54, 1.807) is 12.1 Å². The summed E-state index contributed by atoms with van der Waals surface area (Å²) in [4.78, 5) is 25.6. The molecule has 1 aromatic carbocycles. The Kier molecular flexibility index (Phi) is 7.09. The van der Waals surface area contributed by atoms with Gasteiger partial charge in [-0.15, -0.1) is 0 Å². The number of hydrogen-bond donors (Lipinski definition) is 3. The molecule has 136 valence electrons. The minimum atomic E-state index is -0.563. The Labute approximate surface area is 146 Å². The van der Waals surface area contributed by atoms with Gasteiger partial charge in [0.15, 0.2) is 0 Å². The van der Waals surface area contributed by atoms with Crippen LogP contribution in [0.5, 0.6) is 0 Å². The summed E-state index contributed by atoms with van der Waals surface area (Å²) in [7, 11) is 0. The molecule has 0 radical (unpaired) electrons. The summed E-state index contributed by atoms with van der Waals surface area (Å²) >= 11 is 0. The van der Waals surface area contributed by atoms with Crippen LogP contribution in [0.3, 0.4) is 0 Å². The summed E-state index contributed by atoms with van der Waals surface area (Å²) in [6.45, 7) is 2.90. The lowest BCUT2D eigenvalue weighted by molar-refractivity contribution is -0.126. The first kappa shape index (κ1) is 19.1. The monoisotopic (exact) mass is 349 g/mol. The van der Waals surface area contributed by atoms with Crippen LogP contribution < -0.4 is 10.6 Å². The molecule has 0 unspecified atom stereocenters. The fourth-order valence-electron chi connectivity index (χ4n) is 2.95. The van der Waals surface area contributed by atoms with Crippen LogP contribution in [-0.4, -0.2) is 60.1 Å². The summed E-state index contributed by atoms with van der Waals surface area (Å²) in [5.74, 6) is -0.794. The Hall–Kier alpha value is -2.25. The van der Waals surface area contributed by atoms with Crippen LogP contribution in [0.2, 0.25) is 0 Å². The molecule has 6 nitrogen and oxygen atoms in total. The number of likely N-dealkylation sites (tertiary alicyclic amines) is 1. The van der Waals surface area contributed by atoms with Crippen LogP contribution >= 0.6 is 0 Å². The Balaban J connectivity index is 1.99. The van der Waals surface area contributed by atoms with Crippen molar-refractivity contribution in [3.63, 3.8) is 0 Å². The number of hydrogen-bond acceptors (Lipinski definition) is 4. The zero-order chi connectivity index (χ0) is 18.2. The Morgan fingerprint density at radius 3 is 2.72 bits per heavy atom. The lowest BCUT2D eigenvalue weighted by Crippen LogP contribution is -2.43. The van der Waals surface area contributed by atoms with Gasteiger partial charge < -0.3 is 15.7 Å². The van der Waals surface area contributed by atoms with Crippen molar-refractivity contribution in [3.05, 3.63) is 41.7 Å². The molecule has 25 heavy (non-hydrogen) atoms. The molecule has 2 amide bonds. The van der Waals surface area contributed by atoms with Crippen LogP contribution in [0.15, 0.2) is 30.3 Å². The molecular formula is C18H24FN3O3. The predicted octanol–water partition coefficient (Wildman–Crippen LogP) is 0.526. The Bertz CT molecular complexity index is 618. The molecule has 0 bridgehead atoms. The number of likely N-dealkylation sites (N-methyl/N-ethyl adjacent to an activating group) is 1. The minimum absolute atomic E-state index is 0.0709. The first-order chi connectivity index (χ1) is 12.0. The fourth-order valence-corrected chi connectivity index (χ4v) is 2.95. The van der Waals surface area contributed by atoms with Crippen LogP contribution in [0.1, 0.15) is 18.9 Å². The van der Waals surface area contributed by atoms with Crippen molar-refractivity contribution in [2.45, 2.75) is 25.4 Å². The van der Waals surface area contributed by atoms with Crippen LogP contribution in [0, 0.1) is 5.82 Å². The molecule has 2 atom stereocenters. The number of aliphatic hydroxyl groups excluding tert-OH is 1. The number of carbonyl (C=O) groups excluding carboxylic acids is 2. The molecule has 2 rings (SSSR count). The SMILES string of the molecule is CCNC(=O)[C@@H]1C[C@H](NC(=O)CO)CN1C/C=C/c1ccc(F)cc1. The predicted molar refractivity (Wildman–Crippen MR) is 93.1 cm³/mol.